The highest BCUT2D eigenvalue weighted by Gasteiger charge is 2.08. The predicted molar refractivity (Wildman–Crippen MR) is 83.4 cm³/mol. The number of anilines is 2. The van der Waals surface area contributed by atoms with Gasteiger partial charge in [-0.15, -0.1) is 0 Å². The summed E-state index contributed by atoms with van der Waals surface area (Å²) in [4.78, 5) is 4.33. The molecule has 1 atom stereocenters. The second-order valence-electron chi connectivity index (χ2n) is 4.40. The van der Waals surface area contributed by atoms with E-state index < -0.39 is 0 Å². The van der Waals surface area contributed by atoms with Gasteiger partial charge in [-0.25, -0.2) is 0 Å². The summed E-state index contributed by atoms with van der Waals surface area (Å²) in [6.07, 6.45) is 1.82. The van der Waals surface area contributed by atoms with Crippen LogP contribution in [0, 0.1) is 0 Å². The van der Waals surface area contributed by atoms with E-state index in [4.69, 9.17) is 10.5 Å². The largest absolute Gasteiger partial charge is 0.396 e. The van der Waals surface area contributed by atoms with Gasteiger partial charge in [-0.1, -0.05) is 15.9 Å². The quantitative estimate of drug-likeness (QED) is 0.885. The molecule has 3 N–H and O–H groups in total. The smallest absolute Gasteiger partial charge is 0.0743 e. The molecule has 0 radical (unpaired) electrons. The Hall–Kier alpha value is -1.33. The molecule has 0 bridgehead atoms. The van der Waals surface area contributed by atoms with E-state index in [0.717, 1.165) is 21.1 Å². The van der Waals surface area contributed by atoms with Crippen LogP contribution >= 0.6 is 15.9 Å². The highest BCUT2D eigenvalue weighted by atomic mass is 79.9. The summed E-state index contributed by atoms with van der Waals surface area (Å²) in [5, 5.41) is 4.37. The van der Waals surface area contributed by atoms with E-state index in [2.05, 4.69) is 26.2 Å². The maximum absolute atomic E-state index is 6.02. The Morgan fingerprint density at radius 3 is 3.00 bits per heavy atom. The molecule has 0 fully saturated rings. The summed E-state index contributed by atoms with van der Waals surface area (Å²) in [6.45, 7) is 5.44. The van der Waals surface area contributed by atoms with Crippen LogP contribution in [0.5, 0.6) is 0 Å². The maximum atomic E-state index is 6.02. The van der Waals surface area contributed by atoms with Gasteiger partial charge in [0.05, 0.1) is 29.2 Å². The summed E-state index contributed by atoms with van der Waals surface area (Å²) in [7, 11) is 0. The first-order valence-electron chi connectivity index (χ1n) is 6.31. The number of rotatable bonds is 5. The van der Waals surface area contributed by atoms with E-state index >= 15 is 0 Å². The van der Waals surface area contributed by atoms with Crippen LogP contribution in [0.15, 0.2) is 28.9 Å². The third-order valence-corrected chi connectivity index (χ3v) is 3.37. The molecule has 4 nitrogen and oxygen atoms in total. The van der Waals surface area contributed by atoms with E-state index in [1.807, 2.05) is 32.0 Å². The number of ether oxygens (including phenoxy) is 1. The number of nitrogens with two attached hydrogens (primary N) is 1. The summed E-state index contributed by atoms with van der Waals surface area (Å²) in [5.74, 6) is 0. The number of hydrogen-bond donors (Lipinski definition) is 2. The van der Waals surface area contributed by atoms with Gasteiger partial charge in [-0.05, 0) is 32.0 Å². The molecule has 2 aromatic rings. The minimum atomic E-state index is 0.139. The molecule has 1 unspecified atom stereocenters. The number of aromatic nitrogens is 1. The molecule has 0 aliphatic carbocycles. The van der Waals surface area contributed by atoms with Crippen LogP contribution in [0.1, 0.15) is 13.8 Å². The third-order valence-electron chi connectivity index (χ3n) is 2.88. The molecule has 0 spiro atoms. The molecule has 0 saturated heterocycles. The van der Waals surface area contributed by atoms with Crippen molar-refractivity contribution >= 4 is 38.2 Å². The van der Waals surface area contributed by atoms with Crippen LogP contribution in [0.25, 0.3) is 10.9 Å². The van der Waals surface area contributed by atoms with Crippen molar-refractivity contribution in [2.24, 2.45) is 0 Å². The standard InChI is InChI=1S/C14H18BrN3O/c1-3-19-9(2)7-18-14-11-6-10(15)4-5-13(11)17-8-12(14)16/h4-6,8-9H,3,7,16H2,1-2H3,(H,17,18). The molecule has 2 rings (SSSR count). The van der Waals surface area contributed by atoms with Crippen LogP contribution in [0.4, 0.5) is 11.4 Å². The minimum Gasteiger partial charge on any atom is -0.396 e. The Balaban J connectivity index is 2.30. The van der Waals surface area contributed by atoms with Crippen molar-refractivity contribution < 1.29 is 4.74 Å². The molecule has 19 heavy (non-hydrogen) atoms. The number of nitrogens with zero attached hydrogens (tertiary/aromatic N) is 1. The number of pyridine rings is 1. The normalized spacial score (nSPS) is 12.6. The second kappa shape index (κ2) is 6.21. The zero-order valence-corrected chi connectivity index (χ0v) is 12.7. The van der Waals surface area contributed by atoms with Crippen molar-refractivity contribution in [1.82, 2.24) is 4.98 Å². The van der Waals surface area contributed by atoms with Crippen molar-refractivity contribution in [2.45, 2.75) is 20.0 Å². The van der Waals surface area contributed by atoms with E-state index in [1.165, 1.54) is 0 Å². The van der Waals surface area contributed by atoms with Crippen LogP contribution in [0.3, 0.4) is 0 Å². The molecule has 1 aromatic heterocycles. The van der Waals surface area contributed by atoms with Crippen molar-refractivity contribution in [3.8, 4) is 0 Å². The van der Waals surface area contributed by atoms with Crippen LogP contribution < -0.4 is 11.1 Å². The van der Waals surface area contributed by atoms with E-state index in [-0.39, 0.29) is 6.10 Å². The number of nitrogen functional groups attached to an aromatic ring is 1. The molecular formula is C14H18BrN3O. The van der Waals surface area contributed by atoms with Crippen LogP contribution in [0.2, 0.25) is 0 Å². The first-order chi connectivity index (χ1) is 9.11. The molecule has 0 aliphatic heterocycles. The number of benzene rings is 1. The molecule has 1 aromatic carbocycles. The fraction of sp³-hybridized carbons (Fsp3) is 0.357. The summed E-state index contributed by atoms with van der Waals surface area (Å²) < 4.78 is 6.52. The van der Waals surface area contributed by atoms with Gasteiger partial charge in [0.25, 0.3) is 0 Å². The van der Waals surface area contributed by atoms with Crippen molar-refractivity contribution in [3.05, 3.63) is 28.9 Å². The fourth-order valence-corrected chi connectivity index (χ4v) is 2.33. The van der Waals surface area contributed by atoms with Gasteiger partial charge in [-0.2, -0.15) is 0 Å². The van der Waals surface area contributed by atoms with Crippen molar-refractivity contribution in [2.75, 3.05) is 24.2 Å². The molecular weight excluding hydrogens is 306 g/mol. The van der Waals surface area contributed by atoms with E-state index in [1.54, 1.807) is 6.20 Å². The Kier molecular flexibility index (Phi) is 4.61. The molecule has 5 heteroatoms. The summed E-state index contributed by atoms with van der Waals surface area (Å²) >= 11 is 3.47. The lowest BCUT2D eigenvalue weighted by Gasteiger charge is -2.16. The monoisotopic (exact) mass is 323 g/mol. The number of nitrogens with one attached hydrogen (secondary N) is 1. The molecule has 0 aliphatic rings. The highest BCUT2D eigenvalue weighted by Crippen LogP contribution is 2.30. The van der Waals surface area contributed by atoms with Gasteiger partial charge in [-0.3, -0.25) is 4.98 Å². The molecule has 0 amide bonds. The lowest BCUT2D eigenvalue weighted by Crippen LogP contribution is -2.20. The van der Waals surface area contributed by atoms with Gasteiger partial charge in [0.15, 0.2) is 0 Å². The van der Waals surface area contributed by atoms with Gasteiger partial charge < -0.3 is 15.8 Å². The Morgan fingerprint density at radius 1 is 1.47 bits per heavy atom. The van der Waals surface area contributed by atoms with Gasteiger partial charge in [0.1, 0.15) is 0 Å². The maximum Gasteiger partial charge on any atom is 0.0743 e. The number of fused-ring (bicyclic) bond motifs is 1. The van der Waals surface area contributed by atoms with E-state index in [9.17, 15) is 0 Å². The Bertz CT molecular complexity index is 569. The average Bonchev–Trinajstić information content (AvgIpc) is 2.38. The molecule has 102 valence electrons. The highest BCUT2D eigenvalue weighted by molar-refractivity contribution is 9.10. The number of hydrogen-bond acceptors (Lipinski definition) is 4. The van der Waals surface area contributed by atoms with Crippen LogP contribution in [-0.2, 0) is 4.74 Å². The van der Waals surface area contributed by atoms with Crippen LogP contribution in [-0.4, -0.2) is 24.2 Å². The fourth-order valence-electron chi connectivity index (χ4n) is 1.97. The zero-order chi connectivity index (χ0) is 13.8. The first-order valence-corrected chi connectivity index (χ1v) is 7.10. The Morgan fingerprint density at radius 2 is 2.26 bits per heavy atom. The minimum absolute atomic E-state index is 0.139. The third kappa shape index (κ3) is 3.36. The van der Waals surface area contributed by atoms with Crippen molar-refractivity contribution in [1.29, 1.82) is 0 Å². The molecule has 1 heterocycles. The zero-order valence-electron chi connectivity index (χ0n) is 11.1. The lowest BCUT2D eigenvalue weighted by molar-refractivity contribution is 0.0856. The topological polar surface area (TPSA) is 60.2 Å². The summed E-state index contributed by atoms with van der Waals surface area (Å²) in [5.41, 5.74) is 8.50. The van der Waals surface area contributed by atoms with Gasteiger partial charge in [0.2, 0.25) is 0 Å². The number of halogens is 1. The first kappa shape index (κ1) is 14.1. The SMILES string of the molecule is CCOC(C)CNc1c(N)cnc2ccc(Br)cc12. The molecule has 0 saturated carbocycles. The average molecular weight is 324 g/mol. The van der Waals surface area contributed by atoms with Gasteiger partial charge >= 0.3 is 0 Å². The van der Waals surface area contributed by atoms with E-state index in [0.29, 0.717) is 18.8 Å². The lowest BCUT2D eigenvalue weighted by atomic mass is 10.1. The predicted octanol–water partition coefficient (Wildman–Crippen LogP) is 3.42. The van der Waals surface area contributed by atoms with Gasteiger partial charge in [0, 0.05) is 23.0 Å². The summed E-state index contributed by atoms with van der Waals surface area (Å²) in [6, 6.07) is 5.96. The Labute approximate surface area is 121 Å². The second-order valence-corrected chi connectivity index (χ2v) is 5.31. The van der Waals surface area contributed by atoms with Crippen molar-refractivity contribution in [3.63, 3.8) is 0 Å².